The van der Waals surface area contributed by atoms with Crippen LogP contribution in [0.1, 0.15) is 6.42 Å². The van der Waals surface area contributed by atoms with E-state index in [1.807, 2.05) is 19.2 Å². The first-order valence-electron chi connectivity index (χ1n) is 4.89. The molecule has 0 spiro atoms. The maximum Gasteiger partial charge on any atom is 0.122 e. The van der Waals surface area contributed by atoms with Crippen molar-refractivity contribution in [3.05, 3.63) is 35.3 Å². The molecule has 0 aromatic carbocycles. The van der Waals surface area contributed by atoms with Crippen LogP contribution >= 0.6 is 0 Å². The summed E-state index contributed by atoms with van der Waals surface area (Å²) < 4.78 is 11.2. The van der Waals surface area contributed by atoms with Crippen molar-refractivity contribution >= 4 is 0 Å². The van der Waals surface area contributed by atoms with E-state index < -0.39 is 0 Å². The third-order valence-electron chi connectivity index (χ3n) is 2.29. The van der Waals surface area contributed by atoms with Crippen molar-refractivity contribution in [2.75, 3.05) is 26.8 Å². The van der Waals surface area contributed by atoms with Gasteiger partial charge in [-0.1, -0.05) is 12.2 Å². The lowest BCUT2D eigenvalue weighted by molar-refractivity contribution is 0.148. The smallest absolute Gasteiger partial charge is 0.122 e. The van der Waals surface area contributed by atoms with Gasteiger partial charge in [-0.2, -0.15) is 0 Å². The highest BCUT2D eigenvalue weighted by atomic mass is 16.5. The Bertz CT molecular complexity index is 302. The van der Waals surface area contributed by atoms with Gasteiger partial charge in [0.05, 0.1) is 6.42 Å². The van der Waals surface area contributed by atoms with Gasteiger partial charge in [0.15, 0.2) is 0 Å². The molecule has 0 amide bonds. The molecule has 2 aliphatic rings. The van der Waals surface area contributed by atoms with Crippen LogP contribution in [-0.2, 0) is 9.47 Å². The maximum atomic E-state index is 5.64. The number of ether oxygens (including phenoxy) is 2. The van der Waals surface area contributed by atoms with Crippen LogP contribution in [0.2, 0.25) is 0 Å². The Labute approximate surface area is 84.1 Å². The second-order valence-corrected chi connectivity index (χ2v) is 3.34. The summed E-state index contributed by atoms with van der Waals surface area (Å²) >= 11 is 0. The van der Waals surface area contributed by atoms with E-state index in [9.17, 15) is 0 Å². The molecule has 1 N–H and O–H groups in total. The predicted molar refractivity (Wildman–Crippen MR) is 54.7 cm³/mol. The first-order valence-corrected chi connectivity index (χ1v) is 4.89. The van der Waals surface area contributed by atoms with E-state index in [1.54, 1.807) is 0 Å². The molecule has 0 unspecified atom stereocenters. The standard InChI is InChI=1S/C11H15NO2/c1-12-8-9-3-2-4-10-7-11(9)14-6-5-13-10/h2-4,12H,5-8H2,1H3. The van der Waals surface area contributed by atoms with E-state index in [4.69, 9.17) is 9.47 Å². The monoisotopic (exact) mass is 193 g/mol. The Morgan fingerprint density at radius 3 is 3.07 bits per heavy atom. The van der Waals surface area contributed by atoms with Gasteiger partial charge < -0.3 is 14.8 Å². The molecule has 1 aliphatic heterocycles. The molecule has 0 aromatic rings. The third kappa shape index (κ3) is 1.99. The SMILES string of the molecule is CNCC1=C2CC(=CC=C1)OCCO2. The summed E-state index contributed by atoms with van der Waals surface area (Å²) in [7, 11) is 1.94. The first-order chi connectivity index (χ1) is 6.90. The van der Waals surface area contributed by atoms with Crippen LogP contribution in [0, 0.1) is 0 Å². The van der Waals surface area contributed by atoms with E-state index in [2.05, 4.69) is 11.4 Å². The molecule has 3 nitrogen and oxygen atoms in total. The van der Waals surface area contributed by atoms with Crippen LogP contribution in [0.4, 0.5) is 0 Å². The van der Waals surface area contributed by atoms with Crippen molar-refractivity contribution in [2.24, 2.45) is 0 Å². The Morgan fingerprint density at radius 2 is 2.21 bits per heavy atom. The molecule has 14 heavy (non-hydrogen) atoms. The fourth-order valence-electron chi connectivity index (χ4n) is 1.62. The highest BCUT2D eigenvalue weighted by Gasteiger charge is 2.15. The summed E-state index contributed by atoms with van der Waals surface area (Å²) in [6.45, 7) is 2.14. The number of allylic oxidation sites excluding steroid dienone is 2. The van der Waals surface area contributed by atoms with Gasteiger partial charge in [-0.25, -0.2) is 0 Å². The number of nitrogens with one attached hydrogen (secondary N) is 1. The number of rotatable bonds is 2. The molecule has 0 radical (unpaired) electrons. The zero-order valence-electron chi connectivity index (χ0n) is 8.38. The van der Waals surface area contributed by atoms with Crippen LogP contribution in [0.15, 0.2) is 35.3 Å². The van der Waals surface area contributed by atoms with Gasteiger partial charge >= 0.3 is 0 Å². The van der Waals surface area contributed by atoms with Crippen molar-refractivity contribution in [3.63, 3.8) is 0 Å². The summed E-state index contributed by atoms with van der Waals surface area (Å²) in [4.78, 5) is 0. The molecule has 0 atom stereocenters. The van der Waals surface area contributed by atoms with Gasteiger partial charge in [0.2, 0.25) is 0 Å². The summed E-state index contributed by atoms with van der Waals surface area (Å²) in [6, 6.07) is 0. The minimum absolute atomic E-state index is 0.647. The Hall–Kier alpha value is -1.22. The fraction of sp³-hybridized carbons (Fsp3) is 0.455. The molecule has 1 saturated heterocycles. The molecule has 0 aromatic heterocycles. The molecule has 1 aliphatic carbocycles. The van der Waals surface area contributed by atoms with Gasteiger partial charge in [-0.15, -0.1) is 0 Å². The largest absolute Gasteiger partial charge is 0.494 e. The Kier molecular flexibility index (Phi) is 2.89. The van der Waals surface area contributed by atoms with E-state index in [0.29, 0.717) is 13.2 Å². The fourth-order valence-corrected chi connectivity index (χ4v) is 1.62. The van der Waals surface area contributed by atoms with Crippen LogP contribution in [-0.4, -0.2) is 26.8 Å². The highest BCUT2D eigenvalue weighted by molar-refractivity contribution is 5.33. The molecular weight excluding hydrogens is 178 g/mol. The number of hydrogen-bond donors (Lipinski definition) is 1. The van der Waals surface area contributed by atoms with Gasteiger partial charge in [-0.05, 0) is 13.1 Å². The van der Waals surface area contributed by atoms with Crippen LogP contribution < -0.4 is 5.32 Å². The number of likely N-dealkylation sites (N-methyl/N-ethyl adjacent to an activating group) is 1. The van der Waals surface area contributed by atoms with Gasteiger partial charge in [0, 0.05) is 12.1 Å². The topological polar surface area (TPSA) is 30.5 Å². The Morgan fingerprint density at radius 1 is 1.36 bits per heavy atom. The second kappa shape index (κ2) is 4.33. The number of hydrogen-bond acceptors (Lipinski definition) is 3. The van der Waals surface area contributed by atoms with Gasteiger partial charge in [0.1, 0.15) is 24.7 Å². The molecule has 3 heteroatoms. The lowest BCUT2D eigenvalue weighted by atomic mass is 10.2. The van der Waals surface area contributed by atoms with E-state index in [-0.39, 0.29) is 0 Å². The Balaban J connectivity index is 2.25. The lowest BCUT2D eigenvalue weighted by Gasteiger charge is -2.09. The van der Waals surface area contributed by atoms with Crippen molar-refractivity contribution in [2.45, 2.75) is 6.42 Å². The first kappa shape index (κ1) is 9.34. The quantitative estimate of drug-likeness (QED) is 0.718. The van der Waals surface area contributed by atoms with Crippen molar-refractivity contribution in [3.8, 4) is 0 Å². The molecule has 1 heterocycles. The van der Waals surface area contributed by atoms with Crippen LogP contribution in [0.25, 0.3) is 0 Å². The van der Waals surface area contributed by atoms with Gasteiger partial charge in [0.25, 0.3) is 0 Å². The molecule has 2 bridgehead atoms. The van der Waals surface area contributed by atoms with Crippen LogP contribution in [0.5, 0.6) is 0 Å². The zero-order chi connectivity index (χ0) is 9.80. The molecule has 0 saturated carbocycles. The summed E-state index contributed by atoms with van der Waals surface area (Å²) in [5, 5.41) is 3.14. The maximum absolute atomic E-state index is 5.64. The van der Waals surface area contributed by atoms with Crippen molar-refractivity contribution in [1.82, 2.24) is 5.32 Å². The van der Waals surface area contributed by atoms with E-state index in [1.165, 1.54) is 5.57 Å². The predicted octanol–water partition coefficient (Wildman–Crippen LogP) is 1.35. The minimum atomic E-state index is 0.647. The summed E-state index contributed by atoms with van der Waals surface area (Å²) in [5.74, 6) is 2.04. The minimum Gasteiger partial charge on any atom is -0.494 e. The number of fused-ring (bicyclic) bond motifs is 2. The second-order valence-electron chi connectivity index (χ2n) is 3.34. The van der Waals surface area contributed by atoms with E-state index >= 15 is 0 Å². The van der Waals surface area contributed by atoms with Crippen LogP contribution in [0.3, 0.4) is 0 Å². The molecule has 76 valence electrons. The molecular formula is C11H15NO2. The third-order valence-corrected chi connectivity index (χ3v) is 2.29. The van der Waals surface area contributed by atoms with E-state index in [0.717, 1.165) is 24.5 Å². The zero-order valence-corrected chi connectivity index (χ0v) is 8.38. The average molecular weight is 193 g/mol. The molecule has 2 rings (SSSR count). The summed E-state index contributed by atoms with van der Waals surface area (Å²) in [5.41, 5.74) is 1.21. The normalized spacial score (nSPS) is 20.5. The summed E-state index contributed by atoms with van der Waals surface area (Å²) in [6.07, 6.45) is 6.89. The van der Waals surface area contributed by atoms with Crippen molar-refractivity contribution < 1.29 is 9.47 Å². The lowest BCUT2D eigenvalue weighted by Crippen LogP contribution is -2.12. The van der Waals surface area contributed by atoms with Crippen molar-refractivity contribution in [1.29, 1.82) is 0 Å². The average Bonchev–Trinajstić information content (AvgIpc) is 2.52. The molecule has 1 fully saturated rings. The van der Waals surface area contributed by atoms with Gasteiger partial charge in [-0.3, -0.25) is 0 Å². The highest BCUT2D eigenvalue weighted by Crippen LogP contribution is 2.23.